The average molecular weight is 587 g/mol. The number of thiocarbonyl (C=S) groups is 1. The molecule has 0 atom stereocenters. The van der Waals surface area contributed by atoms with Gasteiger partial charge in [0.15, 0.2) is 5.71 Å². The summed E-state index contributed by atoms with van der Waals surface area (Å²) in [5, 5.41) is 17.0. The van der Waals surface area contributed by atoms with Gasteiger partial charge in [-0.05, 0) is 73.0 Å². The highest BCUT2D eigenvalue weighted by Crippen LogP contribution is 2.42. The van der Waals surface area contributed by atoms with Crippen LogP contribution in [0.4, 0.5) is 34.6 Å². The summed E-state index contributed by atoms with van der Waals surface area (Å²) in [4.78, 5) is 26.7. The summed E-state index contributed by atoms with van der Waals surface area (Å²) in [6, 6.07) is 10.2. The fourth-order valence-corrected chi connectivity index (χ4v) is 5.18. The molecule has 204 valence electrons. The third-order valence-corrected chi connectivity index (χ3v) is 7.44. The van der Waals surface area contributed by atoms with E-state index in [1.807, 2.05) is 6.92 Å². The molecule has 3 aromatic rings. The Morgan fingerprint density at radius 1 is 1.07 bits per heavy atom. The quantitative estimate of drug-likeness (QED) is 0.112. The van der Waals surface area contributed by atoms with E-state index in [0.29, 0.717) is 26.9 Å². The lowest BCUT2D eigenvalue weighted by Gasteiger charge is -2.19. The zero-order valence-corrected chi connectivity index (χ0v) is 22.3. The molecule has 3 N–H and O–H groups in total. The minimum atomic E-state index is -4.85. The van der Waals surface area contributed by atoms with Crippen molar-refractivity contribution >= 4 is 69.0 Å². The van der Waals surface area contributed by atoms with Crippen LogP contribution in [0.15, 0.2) is 58.5 Å². The lowest BCUT2D eigenvalue weighted by molar-refractivity contribution is -0.137. The number of hydrazone groups is 1. The second-order valence-electron chi connectivity index (χ2n) is 8.96. The Balaban J connectivity index is 1.53. The lowest BCUT2D eigenvalue weighted by atomic mass is 10.1. The summed E-state index contributed by atoms with van der Waals surface area (Å²) in [5.41, 5.74) is 2.46. The van der Waals surface area contributed by atoms with Crippen LogP contribution in [0.25, 0.3) is 6.08 Å². The van der Waals surface area contributed by atoms with Gasteiger partial charge in [-0.25, -0.2) is 4.39 Å². The number of rotatable bonds is 4. The number of anilines is 3. The van der Waals surface area contributed by atoms with Gasteiger partial charge in [0.25, 0.3) is 11.8 Å². The third kappa shape index (κ3) is 5.05. The standard InChI is InChI=1S/C27H18F4N4O3S2/c1-12-3-5-16(7-13(12)2)35-19-11-15(27(29,30)31)10-17(28)22(19)23(25(35)38)34-33-18-6-4-14(8-20(18)36)9-21-24(37)32-26(39)40-21/h3-11,33,36H,1-2H3,(H,32,37,39)/b21-9-,34-23-. The van der Waals surface area contributed by atoms with E-state index in [9.17, 15) is 27.9 Å². The Labute approximate surface area is 234 Å². The largest absolute Gasteiger partial charge is 0.506 e. The number of aryl methyl sites for hydroxylation is 2. The number of amides is 2. The summed E-state index contributed by atoms with van der Waals surface area (Å²) in [5.74, 6) is -2.81. The first-order chi connectivity index (χ1) is 18.8. The molecule has 2 heterocycles. The Morgan fingerprint density at radius 3 is 2.45 bits per heavy atom. The van der Waals surface area contributed by atoms with Gasteiger partial charge in [0, 0.05) is 5.69 Å². The Morgan fingerprint density at radius 2 is 1.82 bits per heavy atom. The number of carbonyl (C=O) groups excluding carboxylic acids is 2. The van der Waals surface area contributed by atoms with Crippen LogP contribution >= 0.6 is 24.0 Å². The molecule has 0 radical (unpaired) electrons. The molecule has 0 unspecified atom stereocenters. The molecule has 2 aliphatic rings. The molecule has 0 spiro atoms. The number of fused-ring (bicyclic) bond motifs is 1. The van der Waals surface area contributed by atoms with E-state index in [2.05, 4.69) is 15.8 Å². The summed E-state index contributed by atoms with van der Waals surface area (Å²) in [6.45, 7) is 3.61. The topological polar surface area (TPSA) is 94.0 Å². The smallest absolute Gasteiger partial charge is 0.416 e. The fourth-order valence-electron chi connectivity index (χ4n) is 4.14. The van der Waals surface area contributed by atoms with Crippen molar-refractivity contribution in [3.8, 4) is 5.75 Å². The predicted octanol–water partition coefficient (Wildman–Crippen LogP) is 6.15. The maximum atomic E-state index is 15.2. The van der Waals surface area contributed by atoms with Crippen LogP contribution < -0.4 is 15.6 Å². The molecule has 3 aromatic carbocycles. The van der Waals surface area contributed by atoms with Crippen molar-refractivity contribution in [2.75, 3.05) is 10.3 Å². The van der Waals surface area contributed by atoms with Crippen molar-refractivity contribution in [3.05, 3.63) is 87.1 Å². The zero-order valence-electron chi connectivity index (χ0n) is 20.7. The number of halogens is 4. The van der Waals surface area contributed by atoms with E-state index in [4.69, 9.17) is 12.2 Å². The van der Waals surface area contributed by atoms with Gasteiger partial charge in [-0.3, -0.25) is 19.9 Å². The summed E-state index contributed by atoms with van der Waals surface area (Å²) in [6.07, 6.45) is -3.34. The van der Waals surface area contributed by atoms with Crippen LogP contribution in [-0.4, -0.2) is 27.0 Å². The van der Waals surface area contributed by atoms with Crippen LogP contribution in [0.2, 0.25) is 0 Å². The highest BCUT2D eigenvalue weighted by Gasteiger charge is 2.41. The molecule has 0 aliphatic carbocycles. The molecule has 2 amide bonds. The Bertz CT molecular complexity index is 1680. The van der Waals surface area contributed by atoms with Crippen molar-refractivity contribution in [2.45, 2.75) is 20.0 Å². The number of benzene rings is 3. The van der Waals surface area contributed by atoms with E-state index >= 15 is 4.39 Å². The van der Waals surface area contributed by atoms with Gasteiger partial charge in [-0.15, -0.1) is 0 Å². The molecule has 40 heavy (non-hydrogen) atoms. The fraction of sp³-hybridized carbons (Fsp3) is 0.111. The van der Waals surface area contributed by atoms with Gasteiger partial charge >= 0.3 is 6.18 Å². The van der Waals surface area contributed by atoms with Crippen LogP contribution in [0.1, 0.15) is 27.8 Å². The van der Waals surface area contributed by atoms with E-state index < -0.39 is 34.7 Å². The SMILES string of the molecule is Cc1ccc(N2C(=O)/C(=N\Nc3ccc(/C=C4\SC(=S)NC4=O)cc3O)c3c(F)cc(C(F)(F)F)cc32)cc1C. The van der Waals surface area contributed by atoms with E-state index in [-0.39, 0.29) is 28.7 Å². The predicted molar refractivity (Wildman–Crippen MR) is 149 cm³/mol. The second-order valence-corrected chi connectivity index (χ2v) is 10.7. The van der Waals surface area contributed by atoms with Crippen molar-refractivity contribution < 1.29 is 32.3 Å². The highest BCUT2D eigenvalue weighted by atomic mass is 32.2. The van der Waals surface area contributed by atoms with Crippen LogP contribution in [0.5, 0.6) is 5.75 Å². The van der Waals surface area contributed by atoms with Gasteiger partial charge in [0.1, 0.15) is 15.9 Å². The molecular weight excluding hydrogens is 568 g/mol. The average Bonchev–Trinajstić information content (AvgIpc) is 3.34. The normalized spacial score (nSPS) is 17.1. The van der Waals surface area contributed by atoms with E-state index in [1.54, 1.807) is 31.2 Å². The molecule has 2 aliphatic heterocycles. The number of thioether (sulfide) groups is 1. The van der Waals surface area contributed by atoms with Crippen LogP contribution in [0.3, 0.4) is 0 Å². The maximum absolute atomic E-state index is 15.2. The molecule has 5 rings (SSSR count). The molecule has 13 heteroatoms. The van der Waals surface area contributed by atoms with Crippen molar-refractivity contribution in [2.24, 2.45) is 5.10 Å². The van der Waals surface area contributed by atoms with E-state index in [1.165, 1.54) is 18.2 Å². The number of hydrogen-bond donors (Lipinski definition) is 3. The first kappa shape index (κ1) is 27.3. The van der Waals surface area contributed by atoms with Crippen LogP contribution in [-0.2, 0) is 15.8 Å². The monoisotopic (exact) mass is 586 g/mol. The summed E-state index contributed by atoms with van der Waals surface area (Å²) < 4.78 is 56.0. The number of carbonyl (C=O) groups is 2. The minimum absolute atomic E-state index is 0.0278. The number of phenolic OH excluding ortho intramolecular Hbond substituents is 1. The second kappa shape index (κ2) is 10.1. The number of phenols is 1. The van der Waals surface area contributed by atoms with Gasteiger partial charge in [-0.1, -0.05) is 36.1 Å². The molecule has 1 saturated heterocycles. The third-order valence-electron chi connectivity index (χ3n) is 6.28. The van der Waals surface area contributed by atoms with Gasteiger partial charge in [-0.2, -0.15) is 18.3 Å². The number of aromatic hydroxyl groups is 1. The number of nitrogens with one attached hydrogen (secondary N) is 2. The lowest BCUT2D eigenvalue weighted by Crippen LogP contribution is -2.26. The highest BCUT2D eigenvalue weighted by molar-refractivity contribution is 8.26. The van der Waals surface area contributed by atoms with Gasteiger partial charge < -0.3 is 10.4 Å². The van der Waals surface area contributed by atoms with Gasteiger partial charge in [0.2, 0.25) is 0 Å². The molecular formula is C27H18F4N4O3S2. The molecule has 0 aromatic heterocycles. The van der Waals surface area contributed by atoms with Crippen LogP contribution in [0, 0.1) is 19.7 Å². The van der Waals surface area contributed by atoms with Gasteiger partial charge in [0.05, 0.1) is 27.4 Å². The molecule has 1 fully saturated rings. The first-order valence-electron chi connectivity index (χ1n) is 11.6. The molecule has 0 saturated carbocycles. The summed E-state index contributed by atoms with van der Waals surface area (Å²) >= 11 is 6.02. The summed E-state index contributed by atoms with van der Waals surface area (Å²) in [7, 11) is 0. The molecule has 0 bridgehead atoms. The maximum Gasteiger partial charge on any atom is 0.416 e. The molecule has 7 nitrogen and oxygen atoms in total. The van der Waals surface area contributed by atoms with Crippen molar-refractivity contribution in [1.29, 1.82) is 0 Å². The Hall–Kier alpha value is -4.23. The minimum Gasteiger partial charge on any atom is -0.506 e. The Kier molecular flexibility index (Phi) is 6.88. The number of alkyl halides is 3. The van der Waals surface area contributed by atoms with Crippen molar-refractivity contribution in [3.63, 3.8) is 0 Å². The number of hydrogen-bond acceptors (Lipinski definition) is 7. The van der Waals surface area contributed by atoms with E-state index in [0.717, 1.165) is 27.8 Å². The van der Waals surface area contributed by atoms with Crippen molar-refractivity contribution in [1.82, 2.24) is 5.32 Å². The zero-order chi connectivity index (χ0) is 28.9. The first-order valence-corrected chi connectivity index (χ1v) is 12.8. The number of nitrogens with zero attached hydrogens (tertiary/aromatic N) is 2.